The smallest absolute Gasteiger partial charge is 0.101 e. The molecule has 3 heteroatoms. The topological polar surface area (TPSA) is 38.7 Å². The molecule has 86 valence electrons. The summed E-state index contributed by atoms with van der Waals surface area (Å²) < 4.78 is 10.7. The van der Waals surface area contributed by atoms with Gasteiger partial charge in [-0.25, -0.2) is 0 Å². The summed E-state index contributed by atoms with van der Waals surface area (Å²) in [5.41, 5.74) is -0.190. The van der Waals surface area contributed by atoms with Gasteiger partial charge in [-0.05, 0) is 27.2 Å². The molecular weight excluding hydrogens is 180 g/mol. The van der Waals surface area contributed by atoms with Gasteiger partial charge in [-0.1, -0.05) is 13.3 Å². The van der Waals surface area contributed by atoms with Gasteiger partial charge in [-0.15, -0.1) is 0 Å². The van der Waals surface area contributed by atoms with E-state index in [0.29, 0.717) is 13.2 Å². The molecule has 0 saturated heterocycles. The molecule has 0 heterocycles. The lowest BCUT2D eigenvalue weighted by Crippen LogP contribution is -2.29. The Hall–Kier alpha value is -0.120. The van der Waals surface area contributed by atoms with Crippen molar-refractivity contribution < 1.29 is 14.6 Å². The van der Waals surface area contributed by atoms with Gasteiger partial charge in [-0.3, -0.25) is 0 Å². The Balaban J connectivity index is 3.32. The van der Waals surface area contributed by atoms with Crippen molar-refractivity contribution in [3.05, 3.63) is 0 Å². The summed E-state index contributed by atoms with van der Waals surface area (Å²) in [5, 5.41) is 9.46. The maximum absolute atomic E-state index is 9.46. The monoisotopic (exact) mass is 204 g/mol. The summed E-state index contributed by atoms with van der Waals surface area (Å²) in [6, 6.07) is 0. The van der Waals surface area contributed by atoms with E-state index in [1.807, 2.05) is 20.8 Å². The molecule has 1 N–H and O–H groups in total. The Bertz CT molecular complexity index is 129. The minimum Gasteiger partial charge on any atom is -0.388 e. The highest BCUT2D eigenvalue weighted by Crippen LogP contribution is 2.07. The fourth-order valence-corrected chi connectivity index (χ4v) is 0.860. The molecule has 0 fully saturated rings. The van der Waals surface area contributed by atoms with Gasteiger partial charge in [0.25, 0.3) is 0 Å². The average Bonchev–Trinajstić information content (AvgIpc) is 2.08. The zero-order chi connectivity index (χ0) is 11.0. The Kier molecular flexibility index (Phi) is 7.15. The standard InChI is InChI=1S/C11H24O3/c1-5-6-7-13-8-10(12)9-14-11(2,3)4/h10,12H,5-9H2,1-4H3/t10-/m1/s1. The van der Waals surface area contributed by atoms with Crippen molar-refractivity contribution in [1.82, 2.24) is 0 Å². The van der Waals surface area contributed by atoms with Gasteiger partial charge >= 0.3 is 0 Å². The third kappa shape index (κ3) is 9.96. The van der Waals surface area contributed by atoms with Crippen LogP contribution in [-0.4, -0.2) is 36.6 Å². The molecule has 1 atom stereocenters. The van der Waals surface area contributed by atoms with Crippen LogP contribution in [0.5, 0.6) is 0 Å². The quantitative estimate of drug-likeness (QED) is 0.644. The number of ether oxygens (including phenoxy) is 2. The van der Waals surface area contributed by atoms with Gasteiger partial charge in [0.1, 0.15) is 6.10 Å². The third-order valence-electron chi connectivity index (χ3n) is 1.66. The number of hydrogen-bond acceptors (Lipinski definition) is 3. The number of rotatable bonds is 7. The Morgan fingerprint density at radius 3 is 2.36 bits per heavy atom. The molecule has 14 heavy (non-hydrogen) atoms. The maximum Gasteiger partial charge on any atom is 0.101 e. The lowest BCUT2D eigenvalue weighted by atomic mass is 10.2. The minimum absolute atomic E-state index is 0.190. The zero-order valence-corrected chi connectivity index (χ0v) is 9.88. The molecule has 0 aromatic rings. The molecule has 0 radical (unpaired) electrons. The van der Waals surface area contributed by atoms with E-state index in [0.717, 1.165) is 19.4 Å². The van der Waals surface area contributed by atoms with Crippen molar-refractivity contribution in [2.75, 3.05) is 19.8 Å². The van der Waals surface area contributed by atoms with E-state index < -0.39 is 6.10 Å². The fourth-order valence-electron chi connectivity index (χ4n) is 0.860. The van der Waals surface area contributed by atoms with Gasteiger partial charge in [0, 0.05) is 6.61 Å². The first-order valence-corrected chi connectivity index (χ1v) is 5.35. The van der Waals surface area contributed by atoms with E-state index in [-0.39, 0.29) is 5.60 Å². The Morgan fingerprint density at radius 1 is 1.21 bits per heavy atom. The fraction of sp³-hybridized carbons (Fsp3) is 1.00. The lowest BCUT2D eigenvalue weighted by molar-refractivity contribution is -0.0714. The molecule has 0 aromatic heterocycles. The molecule has 0 saturated carbocycles. The molecule has 0 amide bonds. The number of aliphatic hydroxyl groups is 1. The van der Waals surface area contributed by atoms with Gasteiger partial charge < -0.3 is 14.6 Å². The summed E-state index contributed by atoms with van der Waals surface area (Å²) in [6.45, 7) is 9.46. The summed E-state index contributed by atoms with van der Waals surface area (Å²) in [7, 11) is 0. The second-order valence-corrected chi connectivity index (χ2v) is 4.51. The number of aliphatic hydroxyl groups excluding tert-OH is 1. The van der Waals surface area contributed by atoms with E-state index >= 15 is 0 Å². The molecule has 0 aliphatic rings. The van der Waals surface area contributed by atoms with Crippen LogP contribution in [0.2, 0.25) is 0 Å². The van der Waals surface area contributed by atoms with Crippen molar-refractivity contribution in [3.63, 3.8) is 0 Å². The first-order valence-electron chi connectivity index (χ1n) is 5.35. The van der Waals surface area contributed by atoms with E-state index in [1.165, 1.54) is 0 Å². The molecular formula is C11H24O3. The van der Waals surface area contributed by atoms with E-state index in [4.69, 9.17) is 9.47 Å². The molecule has 0 spiro atoms. The van der Waals surface area contributed by atoms with E-state index in [1.54, 1.807) is 0 Å². The van der Waals surface area contributed by atoms with Gasteiger partial charge in [-0.2, -0.15) is 0 Å². The number of hydrogen-bond donors (Lipinski definition) is 1. The molecule has 0 rings (SSSR count). The average molecular weight is 204 g/mol. The van der Waals surface area contributed by atoms with Crippen LogP contribution in [0.4, 0.5) is 0 Å². The highest BCUT2D eigenvalue weighted by molar-refractivity contribution is 4.61. The lowest BCUT2D eigenvalue weighted by Gasteiger charge is -2.21. The van der Waals surface area contributed by atoms with Crippen molar-refractivity contribution in [2.24, 2.45) is 0 Å². The SMILES string of the molecule is CCCCOC[C@@H](O)COC(C)(C)C. The Morgan fingerprint density at radius 2 is 1.86 bits per heavy atom. The molecule has 0 aliphatic carbocycles. The molecule has 0 bridgehead atoms. The predicted octanol–water partition coefficient (Wildman–Crippen LogP) is 1.98. The van der Waals surface area contributed by atoms with Crippen LogP contribution in [0.25, 0.3) is 0 Å². The summed E-state index contributed by atoms with van der Waals surface area (Å²) in [5.74, 6) is 0. The van der Waals surface area contributed by atoms with Crippen LogP contribution < -0.4 is 0 Å². The van der Waals surface area contributed by atoms with Crippen LogP contribution >= 0.6 is 0 Å². The second kappa shape index (κ2) is 7.21. The van der Waals surface area contributed by atoms with Crippen LogP contribution in [0, 0.1) is 0 Å². The first-order chi connectivity index (χ1) is 6.45. The van der Waals surface area contributed by atoms with Crippen LogP contribution in [0.1, 0.15) is 40.5 Å². The zero-order valence-electron chi connectivity index (χ0n) is 9.88. The summed E-state index contributed by atoms with van der Waals surface area (Å²) in [4.78, 5) is 0. The van der Waals surface area contributed by atoms with Crippen LogP contribution in [0.15, 0.2) is 0 Å². The number of unbranched alkanes of at least 4 members (excludes halogenated alkanes) is 1. The van der Waals surface area contributed by atoms with E-state index in [9.17, 15) is 5.11 Å². The van der Waals surface area contributed by atoms with Crippen LogP contribution in [-0.2, 0) is 9.47 Å². The van der Waals surface area contributed by atoms with Crippen molar-refractivity contribution in [2.45, 2.75) is 52.2 Å². The predicted molar refractivity (Wildman–Crippen MR) is 57.4 cm³/mol. The molecule has 3 nitrogen and oxygen atoms in total. The molecule has 0 aromatic carbocycles. The summed E-state index contributed by atoms with van der Waals surface area (Å²) in [6.07, 6.45) is 1.66. The minimum atomic E-state index is -0.508. The molecule has 0 aliphatic heterocycles. The highest BCUT2D eigenvalue weighted by atomic mass is 16.5. The second-order valence-electron chi connectivity index (χ2n) is 4.51. The maximum atomic E-state index is 9.46. The largest absolute Gasteiger partial charge is 0.388 e. The third-order valence-corrected chi connectivity index (χ3v) is 1.66. The highest BCUT2D eigenvalue weighted by Gasteiger charge is 2.13. The van der Waals surface area contributed by atoms with Gasteiger partial charge in [0.05, 0.1) is 18.8 Å². The first kappa shape index (κ1) is 13.9. The van der Waals surface area contributed by atoms with Crippen molar-refractivity contribution >= 4 is 0 Å². The van der Waals surface area contributed by atoms with Crippen molar-refractivity contribution in [1.29, 1.82) is 0 Å². The van der Waals surface area contributed by atoms with Gasteiger partial charge in [0.2, 0.25) is 0 Å². The van der Waals surface area contributed by atoms with Gasteiger partial charge in [0.15, 0.2) is 0 Å². The van der Waals surface area contributed by atoms with Crippen molar-refractivity contribution in [3.8, 4) is 0 Å². The van der Waals surface area contributed by atoms with E-state index in [2.05, 4.69) is 6.92 Å². The molecule has 0 unspecified atom stereocenters. The summed E-state index contributed by atoms with van der Waals surface area (Å²) >= 11 is 0. The normalized spacial score (nSPS) is 14.4. The van der Waals surface area contributed by atoms with Crippen LogP contribution in [0.3, 0.4) is 0 Å². The Labute approximate surface area is 87.4 Å².